The smallest absolute Gasteiger partial charge is 0.124 e. The van der Waals surface area contributed by atoms with Gasteiger partial charge in [-0.15, -0.1) is 0 Å². The van der Waals surface area contributed by atoms with Crippen molar-refractivity contribution in [1.29, 1.82) is 0 Å². The van der Waals surface area contributed by atoms with Crippen molar-refractivity contribution in [2.24, 2.45) is 0 Å². The Kier molecular flexibility index (Phi) is 4.68. The second-order valence-electron chi connectivity index (χ2n) is 4.12. The van der Waals surface area contributed by atoms with Crippen LogP contribution in [0.5, 0.6) is 11.5 Å². The topological polar surface area (TPSA) is 44.5 Å². The molecule has 0 unspecified atom stereocenters. The van der Waals surface area contributed by atoms with E-state index in [1.54, 1.807) is 0 Å². The lowest BCUT2D eigenvalue weighted by atomic mass is 10.2. The van der Waals surface area contributed by atoms with Crippen molar-refractivity contribution in [2.45, 2.75) is 6.92 Å². The lowest BCUT2D eigenvalue weighted by Crippen LogP contribution is -2.10. The first-order valence-corrected chi connectivity index (χ1v) is 6.82. The highest BCUT2D eigenvalue weighted by Crippen LogP contribution is 2.23. The van der Waals surface area contributed by atoms with Crippen LogP contribution in [0.15, 0.2) is 46.9 Å². The molecule has 3 nitrogen and oxygen atoms in total. The van der Waals surface area contributed by atoms with Gasteiger partial charge in [0, 0.05) is 15.7 Å². The average Bonchev–Trinajstić information content (AvgIpc) is 2.39. The molecule has 0 aliphatic heterocycles. The fourth-order valence-corrected chi connectivity index (χ4v) is 2.03. The Hall–Kier alpha value is -1.68. The molecule has 2 aromatic carbocycles. The van der Waals surface area contributed by atoms with Gasteiger partial charge in [0.1, 0.15) is 24.7 Å². The number of hydrogen-bond donors (Lipinski definition) is 1. The number of nitrogen functional groups attached to an aromatic ring is 1. The van der Waals surface area contributed by atoms with E-state index in [4.69, 9.17) is 15.2 Å². The van der Waals surface area contributed by atoms with Crippen LogP contribution >= 0.6 is 15.9 Å². The Morgan fingerprint density at radius 3 is 2.58 bits per heavy atom. The van der Waals surface area contributed by atoms with Crippen LogP contribution in [0.3, 0.4) is 0 Å². The molecule has 0 aliphatic rings. The molecule has 100 valence electrons. The van der Waals surface area contributed by atoms with E-state index < -0.39 is 0 Å². The van der Waals surface area contributed by atoms with Gasteiger partial charge in [0.2, 0.25) is 0 Å². The molecule has 0 aliphatic carbocycles. The van der Waals surface area contributed by atoms with E-state index in [1.165, 1.54) is 0 Å². The highest BCUT2D eigenvalue weighted by molar-refractivity contribution is 9.10. The third kappa shape index (κ3) is 3.89. The molecular formula is C15H16BrNO2. The second kappa shape index (κ2) is 6.48. The SMILES string of the molecule is Cc1c(N)cccc1OCCOc1cccc(Br)c1. The quantitative estimate of drug-likeness (QED) is 0.673. The van der Waals surface area contributed by atoms with Gasteiger partial charge in [0.15, 0.2) is 0 Å². The highest BCUT2D eigenvalue weighted by Gasteiger charge is 2.02. The predicted molar refractivity (Wildman–Crippen MR) is 80.7 cm³/mol. The number of rotatable bonds is 5. The van der Waals surface area contributed by atoms with Crippen molar-refractivity contribution in [3.8, 4) is 11.5 Å². The largest absolute Gasteiger partial charge is 0.490 e. The van der Waals surface area contributed by atoms with Crippen LogP contribution in [0.1, 0.15) is 5.56 Å². The van der Waals surface area contributed by atoms with E-state index in [0.717, 1.165) is 27.2 Å². The number of ether oxygens (including phenoxy) is 2. The van der Waals surface area contributed by atoms with E-state index in [2.05, 4.69) is 15.9 Å². The molecule has 0 bridgehead atoms. The minimum Gasteiger partial charge on any atom is -0.490 e. The van der Waals surface area contributed by atoms with Crippen LogP contribution in [0.25, 0.3) is 0 Å². The van der Waals surface area contributed by atoms with Gasteiger partial charge >= 0.3 is 0 Å². The summed E-state index contributed by atoms with van der Waals surface area (Å²) in [5, 5.41) is 0. The number of hydrogen-bond acceptors (Lipinski definition) is 3. The number of benzene rings is 2. The summed E-state index contributed by atoms with van der Waals surface area (Å²) in [6.07, 6.45) is 0. The minimum absolute atomic E-state index is 0.483. The Labute approximate surface area is 121 Å². The molecule has 0 radical (unpaired) electrons. The molecule has 0 atom stereocenters. The van der Waals surface area contributed by atoms with Gasteiger partial charge in [0.05, 0.1) is 0 Å². The fraction of sp³-hybridized carbons (Fsp3) is 0.200. The first kappa shape index (κ1) is 13.7. The molecule has 2 N–H and O–H groups in total. The molecule has 0 saturated heterocycles. The van der Waals surface area contributed by atoms with Gasteiger partial charge < -0.3 is 15.2 Å². The number of halogens is 1. The molecular weight excluding hydrogens is 306 g/mol. The zero-order valence-electron chi connectivity index (χ0n) is 10.7. The van der Waals surface area contributed by atoms with Crippen molar-refractivity contribution in [1.82, 2.24) is 0 Å². The first-order chi connectivity index (χ1) is 9.16. The molecule has 19 heavy (non-hydrogen) atoms. The van der Waals surface area contributed by atoms with E-state index >= 15 is 0 Å². The maximum atomic E-state index is 5.82. The lowest BCUT2D eigenvalue weighted by molar-refractivity contribution is 0.216. The van der Waals surface area contributed by atoms with E-state index in [9.17, 15) is 0 Å². The summed E-state index contributed by atoms with van der Waals surface area (Å²) in [6, 6.07) is 13.4. The number of anilines is 1. The molecule has 4 heteroatoms. The molecule has 0 spiro atoms. The highest BCUT2D eigenvalue weighted by atomic mass is 79.9. The molecule has 0 heterocycles. The normalized spacial score (nSPS) is 10.2. The molecule has 2 aromatic rings. The van der Waals surface area contributed by atoms with E-state index in [1.807, 2.05) is 49.4 Å². The summed E-state index contributed by atoms with van der Waals surface area (Å²) in [5.74, 6) is 1.63. The van der Waals surface area contributed by atoms with Gasteiger partial charge in [-0.05, 0) is 37.3 Å². The van der Waals surface area contributed by atoms with Gasteiger partial charge in [-0.2, -0.15) is 0 Å². The van der Waals surface area contributed by atoms with Crippen molar-refractivity contribution >= 4 is 21.6 Å². The summed E-state index contributed by atoms with van der Waals surface area (Å²) in [5.41, 5.74) is 7.52. The van der Waals surface area contributed by atoms with Crippen molar-refractivity contribution < 1.29 is 9.47 Å². The first-order valence-electron chi connectivity index (χ1n) is 6.03. The molecule has 0 fully saturated rings. The summed E-state index contributed by atoms with van der Waals surface area (Å²) in [4.78, 5) is 0. The maximum absolute atomic E-state index is 5.82. The third-order valence-corrected chi connectivity index (χ3v) is 3.22. The maximum Gasteiger partial charge on any atom is 0.124 e. The zero-order valence-corrected chi connectivity index (χ0v) is 12.3. The minimum atomic E-state index is 0.483. The Morgan fingerprint density at radius 1 is 1.05 bits per heavy atom. The van der Waals surface area contributed by atoms with Gasteiger partial charge in [0.25, 0.3) is 0 Å². The van der Waals surface area contributed by atoms with Gasteiger partial charge in [-0.25, -0.2) is 0 Å². The van der Waals surface area contributed by atoms with Crippen LogP contribution in [-0.2, 0) is 0 Å². The van der Waals surface area contributed by atoms with Gasteiger partial charge in [-0.3, -0.25) is 0 Å². The van der Waals surface area contributed by atoms with Crippen molar-refractivity contribution in [3.05, 3.63) is 52.5 Å². The average molecular weight is 322 g/mol. The Balaban J connectivity index is 1.82. The van der Waals surface area contributed by atoms with Crippen LogP contribution in [0, 0.1) is 6.92 Å². The second-order valence-corrected chi connectivity index (χ2v) is 5.04. The standard InChI is InChI=1S/C15H16BrNO2/c1-11-14(17)6-3-7-15(11)19-9-8-18-13-5-2-4-12(16)10-13/h2-7,10H,8-9,17H2,1H3. The predicted octanol–water partition coefficient (Wildman–Crippen LogP) is 3.80. The summed E-state index contributed by atoms with van der Waals surface area (Å²) in [7, 11) is 0. The van der Waals surface area contributed by atoms with Crippen molar-refractivity contribution in [3.63, 3.8) is 0 Å². The zero-order chi connectivity index (χ0) is 13.7. The molecule has 0 aromatic heterocycles. The summed E-state index contributed by atoms with van der Waals surface area (Å²) >= 11 is 3.40. The third-order valence-electron chi connectivity index (χ3n) is 2.73. The van der Waals surface area contributed by atoms with Crippen LogP contribution in [0.2, 0.25) is 0 Å². The monoisotopic (exact) mass is 321 g/mol. The molecule has 2 rings (SSSR count). The van der Waals surface area contributed by atoms with Crippen LogP contribution in [0.4, 0.5) is 5.69 Å². The van der Waals surface area contributed by atoms with Gasteiger partial charge in [-0.1, -0.05) is 28.1 Å². The Morgan fingerprint density at radius 2 is 1.79 bits per heavy atom. The lowest BCUT2D eigenvalue weighted by Gasteiger charge is -2.11. The van der Waals surface area contributed by atoms with Crippen LogP contribution in [-0.4, -0.2) is 13.2 Å². The molecule has 0 amide bonds. The fourth-order valence-electron chi connectivity index (χ4n) is 1.66. The Bertz CT molecular complexity index is 558. The molecule has 0 saturated carbocycles. The van der Waals surface area contributed by atoms with Crippen molar-refractivity contribution in [2.75, 3.05) is 18.9 Å². The summed E-state index contributed by atoms with van der Waals surface area (Å²) < 4.78 is 12.2. The van der Waals surface area contributed by atoms with E-state index in [-0.39, 0.29) is 0 Å². The summed E-state index contributed by atoms with van der Waals surface area (Å²) in [6.45, 7) is 2.92. The van der Waals surface area contributed by atoms with E-state index in [0.29, 0.717) is 13.2 Å². The number of nitrogens with two attached hydrogens (primary N) is 1. The van der Waals surface area contributed by atoms with Crippen LogP contribution < -0.4 is 15.2 Å².